The lowest BCUT2D eigenvalue weighted by molar-refractivity contribution is -0.405. The minimum atomic E-state index is -2.12. The highest BCUT2D eigenvalue weighted by atomic mass is 16.8. The van der Waals surface area contributed by atoms with Gasteiger partial charge in [-0.15, -0.1) is 0 Å². The molecule has 0 radical (unpaired) electrons. The molecule has 29 atom stereocenters. The third-order valence-corrected chi connectivity index (χ3v) is 21.6. The summed E-state index contributed by atoms with van der Waals surface area (Å²) in [7, 11) is 0. The molecule has 24 heteroatoms. The van der Waals surface area contributed by atoms with E-state index >= 15 is 0 Å². The fraction of sp³-hybridized carbons (Fsp3) is 0.944. The molecular formula is C54H88O24. The van der Waals surface area contributed by atoms with Gasteiger partial charge in [0, 0.05) is 5.41 Å². The zero-order valence-electron chi connectivity index (χ0n) is 45.4. The first-order chi connectivity index (χ1) is 36.6. The summed E-state index contributed by atoms with van der Waals surface area (Å²) in [5.74, 6) is -0.851. The van der Waals surface area contributed by atoms with Crippen LogP contribution in [-0.4, -0.2) is 245 Å². The summed E-state index contributed by atoms with van der Waals surface area (Å²) in [6, 6.07) is 0. The molecule has 0 bridgehead atoms. The normalized spacial score (nSPS) is 54.2. The predicted molar refractivity (Wildman–Crippen MR) is 265 cm³/mol. The molecule has 448 valence electrons. The van der Waals surface area contributed by atoms with Crippen LogP contribution in [0, 0.1) is 50.2 Å². The molecule has 0 amide bonds. The molecule has 9 rings (SSSR count). The lowest BCUT2D eigenvalue weighted by Crippen LogP contribution is -2.69. The second-order valence-corrected chi connectivity index (χ2v) is 26.1. The maximum atomic E-state index is 13.3. The Bertz CT molecular complexity index is 2130. The molecule has 0 spiro atoms. The Morgan fingerprint density at radius 1 is 0.526 bits per heavy atom. The van der Waals surface area contributed by atoms with Crippen LogP contribution >= 0.6 is 0 Å². The molecule has 4 heterocycles. The minimum Gasteiger partial charge on any atom is -0.481 e. The van der Waals surface area contributed by atoms with Crippen molar-refractivity contribution < 1.29 is 119 Å². The number of fused-ring (bicyclic) bond motifs is 7. The summed E-state index contributed by atoms with van der Waals surface area (Å²) < 4.78 is 48.8. The first kappa shape index (κ1) is 60.9. The van der Waals surface area contributed by atoms with Crippen LogP contribution in [0.3, 0.4) is 0 Å². The molecule has 29 unspecified atom stereocenters. The quantitative estimate of drug-likeness (QED) is 0.0632. The van der Waals surface area contributed by atoms with Crippen LogP contribution in [0.4, 0.5) is 0 Å². The Kier molecular flexibility index (Phi) is 17.5. The summed E-state index contributed by atoms with van der Waals surface area (Å²) in [6.07, 6.45) is -28.4. The van der Waals surface area contributed by atoms with Crippen molar-refractivity contribution in [2.75, 3.05) is 33.0 Å². The number of carboxylic acids is 1. The van der Waals surface area contributed by atoms with Crippen molar-refractivity contribution in [3.05, 3.63) is 11.6 Å². The number of ether oxygens (including phenoxy) is 8. The van der Waals surface area contributed by atoms with E-state index in [0.717, 1.165) is 32.1 Å². The van der Waals surface area contributed by atoms with Crippen molar-refractivity contribution in [1.82, 2.24) is 0 Å². The number of carboxylic acid groups (broad SMARTS) is 1. The molecular weight excluding hydrogens is 1030 g/mol. The number of aliphatic carboxylic acids is 1. The minimum absolute atomic E-state index is 0.0105. The Balaban J connectivity index is 1.03. The van der Waals surface area contributed by atoms with Gasteiger partial charge in [0.2, 0.25) is 0 Å². The van der Waals surface area contributed by atoms with Crippen molar-refractivity contribution in [2.45, 2.75) is 235 Å². The number of aliphatic hydroxyl groups is 14. The second-order valence-electron chi connectivity index (χ2n) is 26.1. The highest BCUT2D eigenvalue weighted by Crippen LogP contribution is 2.76. The fourth-order valence-electron chi connectivity index (χ4n) is 16.6. The molecule has 9 aliphatic rings. The van der Waals surface area contributed by atoms with Gasteiger partial charge >= 0.3 is 5.97 Å². The number of allylic oxidation sites excluding steroid dienone is 2. The van der Waals surface area contributed by atoms with Gasteiger partial charge in [0.1, 0.15) is 97.7 Å². The summed E-state index contributed by atoms with van der Waals surface area (Å²) >= 11 is 0. The van der Waals surface area contributed by atoms with Gasteiger partial charge in [0.05, 0.1) is 44.6 Å². The van der Waals surface area contributed by atoms with Crippen molar-refractivity contribution in [3.63, 3.8) is 0 Å². The van der Waals surface area contributed by atoms with Gasteiger partial charge in [-0.1, -0.05) is 53.2 Å². The van der Waals surface area contributed by atoms with Crippen LogP contribution in [-0.2, 0) is 42.7 Å². The topological polar surface area (TPSA) is 394 Å². The molecule has 4 aliphatic heterocycles. The van der Waals surface area contributed by atoms with E-state index in [1.807, 2.05) is 6.92 Å². The third-order valence-electron chi connectivity index (χ3n) is 21.6. The van der Waals surface area contributed by atoms with Gasteiger partial charge < -0.3 is 114 Å². The molecule has 5 aliphatic carbocycles. The first-order valence-corrected chi connectivity index (χ1v) is 28.0. The maximum absolute atomic E-state index is 13.3. The van der Waals surface area contributed by atoms with Gasteiger partial charge in [-0.3, -0.25) is 4.79 Å². The van der Waals surface area contributed by atoms with E-state index in [9.17, 15) is 81.4 Å². The molecule has 0 aromatic carbocycles. The van der Waals surface area contributed by atoms with Crippen LogP contribution < -0.4 is 0 Å². The Morgan fingerprint density at radius 2 is 1.01 bits per heavy atom. The molecule has 8 fully saturated rings. The zero-order valence-corrected chi connectivity index (χ0v) is 45.4. The number of carbonyl (C=O) groups is 1. The first-order valence-electron chi connectivity index (χ1n) is 28.0. The highest BCUT2D eigenvalue weighted by Gasteiger charge is 2.70. The van der Waals surface area contributed by atoms with Crippen LogP contribution in [0.1, 0.15) is 106 Å². The molecule has 4 saturated heterocycles. The van der Waals surface area contributed by atoms with Crippen LogP contribution in [0.15, 0.2) is 11.6 Å². The van der Waals surface area contributed by atoms with Crippen molar-refractivity contribution in [2.24, 2.45) is 50.2 Å². The average molecular weight is 1120 g/mol. The average Bonchev–Trinajstić information content (AvgIpc) is 3.52. The predicted octanol–water partition coefficient (Wildman–Crippen LogP) is -2.50. The Hall–Kier alpha value is -1.67. The van der Waals surface area contributed by atoms with E-state index in [1.54, 1.807) is 0 Å². The number of hydrogen-bond acceptors (Lipinski definition) is 23. The molecule has 0 aromatic heterocycles. The lowest BCUT2D eigenvalue weighted by atomic mass is 9.33. The third kappa shape index (κ3) is 9.76. The lowest BCUT2D eigenvalue weighted by Gasteiger charge is -2.71. The number of aliphatic hydroxyl groups excluding tert-OH is 14. The summed E-state index contributed by atoms with van der Waals surface area (Å²) in [4.78, 5) is 13.3. The number of rotatable bonds is 14. The van der Waals surface area contributed by atoms with E-state index < -0.39 is 172 Å². The SMILES string of the molecule is CC1(C)CCC2(C(=O)O)CCC3(C)C(=CCC4C5(C)CCC(OC6OC(CO)C(O)C(OC7OC(CO)C(O)C(OC8OC(CO)C(O)C(O)C8O)C7O)C6OC6OC(CO)C(O)C(O)C6O)C(C)(CO)C5CCC43C)C2C1. The van der Waals surface area contributed by atoms with Gasteiger partial charge in [-0.05, 0) is 104 Å². The summed E-state index contributed by atoms with van der Waals surface area (Å²) in [6.45, 7) is 9.56. The number of hydrogen-bond donors (Lipinski definition) is 15. The fourth-order valence-corrected chi connectivity index (χ4v) is 16.6. The molecule has 15 N–H and O–H groups in total. The van der Waals surface area contributed by atoms with Gasteiger partial charge in [0.15, 0.2) is 25.2 Å². The summed E-state index contributed by atoms with van der Waals surface area (Å²) in [5, 5.41) is 163. The second kappa shape index (κ2) is 22.4. The van der Waals surface area contributed by atoms with Crippen molar-refractivity contribution in [3.8, 4) is 0 Å². The summed E-state index contributed by atoms with van der Waals surface area (Å²) in [5.41, 5.74) is -1.47. The Morgan fingerprint density at radius 3 is 1.55 bits per heavy atom. The Labute approximate surface area is 453 Å². The maximum Gasteiger partial charge on any atom is 0.310 e. The van der Waals surface area contributed by atoms with Crippen LogP contribution in [0.25, 0.3) is 0 Å². The van der Waals surface area contributed by atoms with E-state index in [4.69, 9.17) is 37.9 Å². The highest BCUT2D eigenvalue weighted by molar-refractivity contribution is 5.76. The smallest absolute Gasteiger partial charge is 0.310 e. The molecule has 24 nitrogen and oxygen atoms in total. The van der Waals surface area contributed by atoms with Crippen LogP contribution in [0.2, 0.25) is 0 Å². The van der Waals surface area contributed by atoms with E-state index in [2.05, 4.69) is 40.7 Å². The van der Waals surface area contributed by atoms with Crippen LogP contribution in [0.5, 0.6) is 0 Å². The van der Waals surface area contributed by atoms with Gasteiger partial charge in [-0.25, -0.2) is 0 Å². The largest absolute Gasteiger partial charge is 0.481 e. The van der Waals surface area contributed by atoms with Crippen molar-refractivity contribution >= 4 is 5.97 Å². The monoisotopic (exact) mass is 1120 g/mol. The molecule has 4 saturated carbocycles. The molecule has 0 aromatic rings. The van der Waals surface area contributed by atoms with Gasteiger partial charge in [0.25, 0.3) is 0 Å². The van der Waals surface area contributed by atoms with E-state index in [0.29, 0.717) is 32.1 Å². The van der Waals surface area contributed by atoms with E-state index in [-0.39, 0.29) is 46.0 Å². The van der Waals surface area contributed by atoms with E-state index in [1.165, 1.54) is 5.57 Å². The molecule has 78 heavy (non-hydrogen) atoms. The standard InChI is InChI=1S/C54H88O24/c1-49(2)13-15-54(48(69)70)16-14-52(5)23(24(54)17-49)7-8-30-50(3)11-10-31(51(4,22-59)29(50)9-12-53(30,52)6)75-47-43(78-45-39(67)37(65)33(61)26(19-56)72-45)42(35(63)28(21-58)74-47)77-46-40(68)41(34(62)27(20-57)73-46)76-44-38(66)36(64)32(60)25(18-55)71-44/h7,24-47,55-68H,8-22H2,1-6H3,(H,69,70). The van der Waals surface area contributed by atoms with Crippen molar-refractivity contribution in [1.29, 1.82) is 0 Å². The van der Waals surface area contributed by atoms with Gasteiger partial charge in [-0.2, -0.15) is 0 Å². The zero-order chi connectivity index (χ0) is 57.0.